The fourth-order valence-corrected chi connectivity index (χ4v) is 3.61. The molecule has 5 nitrogen and oxygen atoms in total. The number of nitrogens with one attached hydrogen (secondary N) is 1. The predicted octanol–water partition coefficient (Wildman–Crippen LogP) is 2.78. The van der Waals surface area contributed by atoms with E-state index in [1.807, 2.05) is 29.1 Å². The van der Waals surface area contributed by atoms with Crippen LogP contribution in [0.5, 0.6) is 0 Å². The molecule has 1 fully saturated rings. The van der Waals surface area contributed by atoms with Crippen LogP contribution in [0.2, 0.25) is 0 Å². The molecule has 2 aromatic heterocycles. The first-order chi connectivity index (χ1) is 11.2. The molecule has 5 heteroatoms. The molecular formula is C18H26N4O. The highest BCUT2D eigenvalue weighted by Gasteiger charge is 2.26. The molecule has 0 bridgehead atoms. The Balaban J connectivity index is 1.75. The van der Waals surface area contributed by atoms with Crippen molar-refractivity contribution in [2.24, 2.45) is 5.92 Å². The van der Waals surface area contributed by atoms with Gasteiger partial charge >= 0.3 is 0 Å². The van der Waals surface area contributed by atoms with Gasteiger partial charge in [-0.15, -0.1) is 0 Å². The highest BCUT2D eigenvalue weighted by molar-refractivity contribution is 5.29. The smallest absolute Gasteiger partial charge is 0.153 e. The van der Waals surface area contributed by atoms with E-state index >= 15 is 0 Å². The quantitative estimate of drug-likeness (QED) is 0.891. The summed E-state index contributed by atoms with van der Waals surface area (Å²) in [4.78, 5) is 4.37. The molecule has 3 rings (SSSR count). The van der Waals surface area contributed by atoms with E-state index in [4.69, 9.17) is 0 Å². The Morgan fingerprint density at radius 3 is 2.91 bits per heavy atom. The Labute approximate surface area is 137 Å². The first-order valence-corrected chi connectivity index (χ1v) is 8.53. The molecule has 3 atom stereocenters. The maximum absolute atomic E-state index is 9.59. The van der Waals surface area contributed by atoms with Gasteiger partial charge < -0.3 is 10.4 Å². The Morgan fingerprint density at radius 1 is 1.35 bits per heavy atom. The minimum Gasteiger partial charge on any atom is -0.396 e. The maximum atomic E-state index is 9.59. The van der Waals surface area contributed by atoms with Gasteiger partial charge in [0, 0.05) is 36.1 Å². The van der Waals surface area contributed by atoms with Gasteiger partial charge in [-0.3, -0.25) is 0 Å². The van der Waals surface area contributed by atoms with Crippen molar-refractivity contribution < 1.29 is 5.11 Å². The van der Waals surface area contributed by atoms with Crippen molar-refractivity contribution in [2.45, 2.75) is 51.6 Å². The Morgan fingerprint density at radius 2 is 2.17 bits per heavy atom. The zero-order chi connectivity index (χ0) is 16.2. The van der Waals surface area contributed by atoms with Gasteiger partial charge in [0.2, 0.25) is 0 Å². The fourth-order valence-electron chi connectivity index (χ4n) is 3.61. The second-order valence-electron chi connectivity index (χ2n) is 6.51. The number of aliphatic hydroxyl groups excluding tert-OH is 1. The van der Waals surface area contributed by atoms with Gasteiger partial charge in [-0.1, -0.05) is 18.9 Å². The van der Waals surface area contributed by atoms with Crippen LogP contribution >= 0.6 is 0 Å². The van der Waals surface area contributed by atoms with Gasteiger partial charge in [0.05, 0.1) is 6.20 Å². The number of hydrogen-bond acceptors (Lipinski definition) is 4. The number of rotatable bonds is 5. The molecule has 0 spiro atoms. The summed E-state index contributed by atoms with van der Waals surface area (Å²) in [6.07, 6.45) is 8.45. The summed E-state index contributed by atoms with van der Waals surface area (Å²) in [5.41, 5.74) is 2.30. The van der Waals surface area contributed by atoms with E-state index in [0.29, 0.717) is 12.0 Å². The van der Waals surface area contributed by atoms with Gasteiger partial charge in [0.15, 0.2) is 5.82 Å². The molecule has 0 amide bonds. The largest absolute Gasteiger partial charge is 0.396 e. The van der Waals surface area contributed by atoms with Crippen LogP contribution < -0.4 is 5.32 Å². The molecule has 124 valence electrons. The molecule has 3 unspecified atom stereocenters. The van der Waals surface area contributed by atoms with Gasteiger partial charge in [0.25, 0.3) is 0 Å². The number of aromatic nitrogens is 3. The van der Waals surface area contributed by atoms with Crippen molar-refractivity contribution in [3.63, 3.8) is 0 Å². The number of aliphatic hydroxyl groups is 1. The van der Waals surface area contributed by atoms with Crippen LogP contribution in [0.3, 0.4) is 0 Å². The average Bonchev–Trinajstić information content (AvgIpc) is 2.98. The van der Waals surface area contributed by atoms with Crippen molar-refractivity contribution in [1.82, 2.24) is 20.1 Å². The molecule has 2 heterocycles. The fraction of sp³-hybridized carbons (Fsp3) is 0.556. The van der Waals surface area contributed by atoms with E-state index in [1.165, 1.54) is 18.4 Å². The molecule has 2 N–H and O–H groups in total. The average molecular weight is 314 g/mol. The van der Waals surface area contributed by atoms with E-state index in [0.717, 1.165) is 24.4 Å². The maximum Gasteiger partial charge on any atom is 0.153 e. The summed E-state index contributed by atoms with van der Waals surface area (Å²) in [5, 5.41) is 17.8. The standard InChI is InChI=1S/C18H26N4O/c1-13(21-17-8-4-3-7-15(17)12-23)16-11-20-22(14(16)2)18-9-5-6-10-19-18/h5-6,9-11,13,15,17,21,23H,3-4,7-8,12H2,1-2H3. The van der Waals surface area contributed by atoms with E-state index in [-0.39, 0.29) is 12.6 Å². The third-order valence-electron chi connectivity index (χ3n) is 4.99. The number of hydrogen-bond donors (Lipinski definition) is 2. The van der Waals surface area contributed by atoms with Crippen molar-refractivity contribution in [1.29, 1.82) is 0 Å². The molecule has 0 saturated heterocycles. The van der Waals surface area contributed by atoms with E-state index in [2.05, 4.69) is 29.2 Å². The van der Waals surface area contributed by atoms with Gasteiger partial charge in [-0.25, -0.2) is 9.67 Å². The second kappa shape index (κ2) is 7.23. The van der Waals surface area contributed by atoms with Gasteiger partial charge in [-0.2, -0.15) is 5.10 Å². The molecule has 2 aromatic rings. The van der Waals surface area contributed by atoms with Crippen LogP contribution in [0.15, 0.2) is 30.6 Å². The zero-order valence-corrected chi connectivity index (χ0v) is 13.9. The molecule has 0 aromatic carbocycles. The molecule has 1 aliphatic carbocycles. The minimum atomic E-state index is 0.213. The zero-order valence-electron chi connectivity index (χ0n) is 13.9. The second-order valence-corrected chi connectivity index (χ2v) is 6.51. The van der Waals surface area contributed by atoms with Crippen molar-refractivity contribution >= 4 is 0 Å². The van der Waals surface area contributed by atoms with E-state index < -0.39 is 0 Å². The molecule has 1 saturated carbocycles. The molecule has 0 radical (unpaired) electrons. The first kappa shape index (κ1) is 16.1. The number of pyridine rings is 1. The van der Waals surface area contributed by atoms with Gasteiger partial charge in [-0.05, 0) is 44.7 Å². The van der Waals surface area contributed by atoms with Crippen molar-refractivity contribution in [3.05, 3.63) is 41.9 Å². The lowest BCUT2D eigenvalue weighted by Gasteiger charge is -2.33. The molecular weight excluding hydrogens is 288 g/mol. The van der Waals surface area contributed by atoms with Gasteiger partial charge in [0.1, 0.15) is 0 Å². The van der Waals surface area contributed by atoms with Crippen molar-refractivity contribution in [2.75, 3.05) is 6.61 Å². The van der Waals surface area contributed by atoms with E-state index in [9.17, 15) is 5.11 Å². The third-order valence-corrected chi connectivity index (χ3v) is 4.99. The lowest BCUT2D eigenvalue weighted by Crippen LogP contribution is -2.41. The number of nitrogens with zero attached hydrogens (tertiary/aromatic N) is 3. The third kappa shape index (κ3) is 3.46. The van der Waals surface area contributed by atoms with Crippen LogP contribution in [-0.2, 0) is 0 Å². The predicted molar refractivity (Wildman–Crippen MR) is 90.5 cm³/mol. The lowest BCUT2D eigenvalue weighted by atomic mass is 9.84. The normalized spacial score (nSPS) is 22.9. The van der Waals surface area contributed by atoms with Crippen LogP contribution in [0.25, 0.3) is 5.82 Å². The Kier molecular flexibility index (Phi) is 5.08. The van der Waals surface area contributed by atoms with Crippen LogP contribution in [0.1, 0.15) is 49.9 Å². The monoisotopic (exact) mass is 314 g/mol. The summed E-state index contributed by atoms with van der Waals surface area (Å²) in [7, 11) is 0. The Hall–Kier alpha value is -1.72. The molecule has 23 heavy (non-hydrogen) atoms. The Bertz CT molecular complexity index is 625. The first-order valence-electron chi connectivity index (χ1n) is 8.53. The molecule has 1 aliphatic rings. The van der Waals surface area contributed by atoms with Crippen LogP contribution in [0, 0.1) is 12.8 Å². The van der Waals surface area contributed by atoms with E-state index in [1.54, 1.807) is 6.20 Å². The SMILES string of the molecule is Cc1c(C(C)NC2CCCCC2CO)cnn1-c1ccccn1. The summed E-state index contributed by atoms with van der Waals surface area (Å²) in [5.74, 6) is 1.21. The minimum absolute atomic E-state index is 0.213. The summed E-state index contributed by atoms with van der Waals surface area (Å²) < 4.78 is 1.89. The lowest BCUT2D eigenvalue weighted by molar-refractivity contribution is 0.147. The summed E-state index contributed by atoms with van der Waals surface area (Å²) >= 11 is 0. The highest BCUT2D eigenvalue weighted by atomic mass is 16.3. The molecule has 0 aliphatic heterocycles. The summed E-state index contributed by atoms with van der Waals surface area (Å²) in [6, 6.07) is 6.45. The van der Waals surface area contributed by atoms with Crippen molar-refractivity contribution in [3.8, 4) is 5.82 Å². The van der Waals surface area contributed by atoms with Crippen LogP contribution in [-0.4, -0.2) is 32.5 Å². The topological polar surface area (TPSA) is 63.0 Å². The summed E-state index contributed by atoms with van der Waals surface area (Å²) in [6.45, 7) is 4.53. The highest BCUT2D eigenvalue weighted by Crippen LogP contribution is 2.27. The van der Waals surface area contributed by atoms with Crippen LogP contribution in [0.4, 0.5) is 0 Å².